The molecule has 0 spiro atoms. The molecule has 2 aromatic rings. The Hall–Kier alpha value is -2.42. The SMILES string of the molecule is CCC(C)(CC)C(=O)N(Cc1ccc(-c2noc(C(F)(F)F)n2)cc1)OC. The number of amides is 1. The molecule has 0 radical (unpaired) electrons. The third-order valence-electron chi connectivity index (χ3n) is 4.73. The van der Waals surface area contributed by atoms with E-state index in [4.69, 9.17) is 4.84 Å². The van der Waals surface area contributed by atoms with Crippen molar-refractivity contribution in [2.24, 2.45) is 5.41 Å². The van der Waals surface area contributed by atoms with Gasteiger partial charge in [0.05, 0.1) is 13.7 Å². The van der Waals surface area contributed by atoms with Gasteiger partial charge in [-0.3, -0.25) is 9.63 Å². The average molecular weight is 385 g/mol. The van der Waals surface area contributed by atoms with Crippen LogP contribution in [0.25, 0.3) is 11.4 Å². The Morgan fingerprint density at radius 3 is 2.22 bits per heavy atom. The number of hydrogen-bond acceptors (Lipinski definition) is 5. The molecule has 0 fully saturated rings. The molecule has 1 amide bonds. The number of rotatable bonds is 7. The second-order valence-electron chi connectivity index (χ2n) is 6.41. The molecule has 9 heteroatoms. The molecule has 1 aromatic heterocycles. The molecule has 2 rings (SSSR count). The van der Waals surface area contributed by atoms with Gasteiger partial charge in [-0.2, -0.15) is 18.2 Å². The Morgan fingerprint density at radius 2 is 1.78 bits per heavy atom. The van der Waals surface area contributed by atoms with Crippen molar-refractivity contribution in [1.29, 1.82) is 0 Å². The van der Waals surface area contributed by atoms with Crippen molar-refractivity contribution in [2.45, 2.75) is 46.3 Å². The van der Waals surface area contributed by atoms with Crippen molar-refractivity contribution in [1.82, 2.24) is 15.2 Å². The van der Waals surface area contributed by atoms with Gasteiger partial charge in [-0.15, -0.1) is 0 Å². The van der Waals surface area contributed by atoms with Gasteiger partial charge in [0.15, 0.2) is 0 Å². The highest BCUT2D eigenvalue weighted by atomic mass is 19.4. The first-order valence-corrected chi connectivity index (χ1v) is 8.51. The van der Waals surface area contributed by atoms with Crippen LogP contribution in [0.2, 0.25) is 0 Å². The summed E-state index contributed by atoms with van der Waals surface area (Å²) in [5.41, 5.74) is 0.609. The topological polar surface area (TPSA) is 68.5 Å². The number of carbonyl (C=O) groups excluding carboxylic acids is 1. The summed E-state index contributed by atoms with van der Waals surface area (Å²) in [5.74, 6) is -1.67. The lowest BCUT2D eigenvalue weighted by atomic mass is 9.83. The van der Waals surface area contributed by atoms with E-state index in [1.54, 1.807) is 24.3 Å². The third kappa shape index (κ3) is 4.65. The van der Waals surface area contributed by atoms with Crippen molar-refractivity contribution in [3.05, 3.63) is 35.7 Å². The maximum Gasteiger partial charge on any atom is 0.471 e. The Morgan fingerprint density at radius 1 is 1.19 bits per heavy atom. The Labute approximate surface area is 155 Å². The Balaban J connectivity index is 2.15. The van der Waals surface area contributed by atoms with Crippen molar-refractivity contribution < 1.29 is 27.3 Å². The first-order valence-electron chi connectivity index (χ1n) is 8.51. The monoisotopic (exact) mass is 385 g/mol. The van der Waals surface area contributed by atoms with E-state index >= 15 is 0 Å². The van der Waals surface area contributed by atoms with Crippen LogP contribution in [0.4, 0.5) is 13.2 Å². The van der Waals surface area contributed by atoms with Crippen LogP contribution in [-0.4, -0.2) is 28.2 Å². The molecule has 0 atom stereocenters. The fraction of sp³-hybridized carbons (Fsp3) is 0.500. The largest absolute Gasteiger partial charge is 0.471 e. The molecule has 0 unspecified atom stereocenters. The second-order valence-corrected chi connectivity index (χ2v) is 6.41. The molecule has 6 nitrogen and oxygen atoms in total. The van der Waals surface area contributed by atoms with Crippen molar-refractivity contribution in [3.8, 4) is 11.4 Å². The number of hydrogen-bond donors (Lipinski definition) is 0. The van der Waals surface area contributed by atoms with Crippen LogP contribution in [-0.2, 0) is 22.4 Å². The number of alkyl halides is 3. The Bertz CT molecular complexity index is 768. The van der Waals surface area contributed by atoms with Gasteiger partial charge in [-0.05, 0) is 18.4 Å². The molecular weight excluding hydrogens is 363 g/mol. The number of halogens is 3. The molecular formula is C18H22F3N3O3. The zero-order valence-electron chi connectivity index (χ0n) is 15.6. The quantitative estimate of drug-likeness (QED) is 0.658. The predicted octanol–water partition coefficient (Wildman–Crippen LogP) is 4.47. The zero-order valence-corrected chi connectivity index (χ0v) is 15.6. The summed E-state index contributed by atoms with van der Waals surface area (Å²) < 4.78 is 41.9. The summed E-state index contributed by atoms with van der Waals surface area (Å²) in [4.78, 5) is 21.3. The molecule has 148 valence electrons. The lowest BCUT2D eigenvalue weighted by Crippen LogP contribution is -2.41. The minimum atomic E-state index is -4.68. The number of carbonyl (C=O) groups is 1. The third-order valence-corrected chi connectivity index (χ3v) is 4.73. The van der Waals surface area contributed by atoms with E-state index in [1.165, 1.54) is 12.2 Å². The van der Waals surface area contributed by atoms with Gasteiger partial charge < -0.3 is 4.52 Å². The molecule has 0 N–H and O–H groups in total. The van der Waals surface area contributed by atoms with Crippen LogP contribution in [0.15, 0.2) is 28.8 Å². The summed E-state index contributed by atoms with van der Waals surface area (Å²) >= 11 is 0. The highest BCUT2D eigenvalue weighted by Gasteiger charge is 2.38. The van der Waals surface area contributed by atoms with Crippen molar-refractivity contribution >= 4 is 5.91 Å². The van der Waals surface area contributed by atoms with E-state index < -0.39 is 17.5 Å². The molecule has 0 saturated heterocycles. The molecule has 0 aliphatic carbocycles. The summed E-state index contributed by atoms with van der Waals surface area (Å²) in [6, 6.07) is 6.48. The van der Waals surface area contributed by atoms with Crippen LogP contribution in [0.3, 0.4) is 0 Å². The number of aromatic nitrogens is 2. The summed E-state index contributed by atoms with van der Waals surface area (Å²) in [5, 5.41) is 4.64. The van der Waals surface area contributed by atoms with Gasteiger partial charge >= 0.3 is 12.1 Å². The number of hydroxylamine groups is 2. The van der Waals surface area contributed by atoms with Crippen LogP contribution >= 0.6 is 0 Å². The van der Waals surface area contributed by atoms with Crippen LogP contribution in [0, 0.1) is 5.41 Å². The van der Waals surface area contributed by atoms with Gasteiger partial charge in [0.1, 0.15) is 0 Å². The summed E-state index contributed by atoms with van der Waals surface area (Å²) in [6.45, 7) is 6.00. The molecule has 0 aliphatic rings. The predicted molar refractivity (Wildman–Crippen MR) is 91.0 cm³/mol. The van der Waals surface area contributed by atoms with Crippen molar-refractivity contribution in [3.63, 3.8) is 0 Å². The van der Waals surface area contributed by atoms with Gasteiger partial charge in [0.25, 0.3) is 5.91 Å². The fourth-order valence-electron chi connectivity index (χ4n) is 2.45. The number of nitrogens with zero attached hydrogens (tertiary/aromatic N) is 3. The van der Waals surface area contributed by atoms with Gasteiger partial charge in [-0.25, -0.2) is 5.06 Å². The molecule has 1 aromatic carbocycles. The van der Waals surface area contributed by atoms with Crippen LogP contribution < -0.4 is 0 Å². The van der Waals surface area contributed by atoms with Gasteiger partial charge in [0.2, 0.25) is 5.82 Å². The highest BCUT2D eigenvalue weighted by Crippen LogP contribution is 2.30. The first kappa shape index (κ1) is 20.9. The van der Waals surface area contributed by atoms with E-state index in [0.29, 0.717) is 18.4 Å². The minimum absolute atomic E-state index is 0.118. The molecule has 27 heavy (non-hydrogen) atoms. The minimum Gasteiger partial charge on any atom is -0.329 e. The van der Waals surface area contributed by atoms with E-state index in [9.17, 15) is 18.0 Å². The first-order chi connectivity index (χ1) is 12.6. The molecule has 0 saturated carbocycles. The fourth-order valence-corrected chi connectivity index (χ4v) is 2.45. The Kier molecular flexibility index (Phi) is 6.25. The van der Waals surface area contributed by atoms with Crippen molar-refractivity contribution in [2.75, 3.05) is 7.11 Å². The van der Waals surface area contributed by atoms with E-state index in [1.807, 2.05) is 20.8 Å². The molecule has 1 heterocycles. The maximum absolute atomic E-state index is 12.7. The van der Waals surface area contributed by atoms with E-state index in [-0.39, 0.29) is 18.3 Å². The standard InChI is InChI=1S/C18H22F3N3O3/c1-5-17(3,6-2)16(25)24(26-4)11-12-7-9-13(10-8-12)14-22-15(27-23-14)18(19,20)21/h7-10H,5-6,11H2,1-4H3. The summed E-state index contributed by atoms with van der Waals surface area (Å²) in [7, 11) is 1.43. The maximum atomic E-state index is 12.7. The van der Waals surface area contributed by atoms with Gasteiger partial charge in [-0.1, -0.05) is 50.2 Å². The summed E-state index contributed by atoms with van der Waals surface area (Å²) in [6.07, 6.45) is -3.32. The van der Waals surface area contributed by atoms with E-state index in [0.717, 1.165) is 5.56 Å². The molecule has 0 aliphatic heterocycles. The van der Waals surface area contributed by atoms with E-state index in [2.05, 4.69) is 14.7 Å². The lowest BCUT2D eigenvalue weighted by Gasteiger charge is -2.31. The zero-order chi connectivity index (χ0) is 20.2. The normalized spacial score (nSPS) is 12.3. The molecule has 0 bridgehead atoms. The number of benzene rings is 1. The van der Waals surface area contributed by atoms with Gasteiger partial charge in [0, 0.05) is 11.0 Å². The highest BCUT2D eigenvalue weighted by molar-refractivity contribution is 5.81. The van der Waals surface area contributed by atoms with Crippen LogP contribution in [0.1, 0.15) is 45.1 Å². The smallest absolute Gasteiger partial charge is 0.329 e. The second kappa shape index (κ2) is 8.08. The average Bonchev–Trinajstić information content (AvgIpc) is 3.16. The van der Waals surface area contributed by atoms with Crippen LogP contribution in [0.5, 0.6) is 0 Å². The lowest BCUT2D eigenvalue weighted by molar-refractivity contribution is -0.190.